The van der Waals surface area contributed by atoms with Crippen LogP contribution in [0.4, 0.5) is 0 Å². The topological polar surface area (TPSA) is 68.0 Å². The Morgan fingerprint density at radius 3 is 2.88 bits per heavy atom. The summed E-state index contributed by atoms with van der Waals surface area (Å²) in [5.74, 6) is 4.37. The molecule has 0 unspecified atom stereocenters. The number of fused-ring (bicyclic) bond motifs is 1. The molecule has 5 nitrogen and oxygen atoms in total. The number of aromatic carboxylic acids is 1. The largest absolute Gasteiger partial charge is 0.478 e. The number of hydrogen-bond donors (Lipinski definition) is 1. The fourth-order valence-corrected chi connectivity index (χ4v) is 1.78. The first-order valence-electron chi connectivity index (χ1n) is 4.74. The van der Waals surface area contributed by atoms with E-state index in [-0.39, 0.29) is 10.7 Å². The Bertz CT molecular complexity index is 679. The Kier molecular flexibility index (Phi) is 2.74. The SMILES string of the molecule is CC#Cc1nn(C)c2nc(Cl)cc(C(=O)O)c12. The van der Waals surface area contributed by atoms with E-state index in [4.69, 9.17) is 16.7 Å². The van der Waals surface area contributed by atoms with Crippen LogP contribution >= 0.6 is 11.6 Å². The second-order valence-electron chi connectivity index (χ2n) is 3.34. The molecule has 86 valence electrons. The van der Waals surface area contributed by atoms with E-state index in [0.29, 0.717) is 16.7 Å². The summed E-state index contributed by atoms with van der Waals surface area (Å²) >= 11 is 5.77. The van der Waals surface area contributed by atoms with E-state index in [1.165, 1.54) is 10.7 Å². The van der Waals surface area contributed by atoms with Gasteiger partial charge in [0.05, 0.1) is 10.9 Å². The second kappa shape index (κ2) is 4.07. The highest BCUT2D eigenvalue weighted by Crippen LogP contribution is 2.23. The molecule has 6 heteroatoms. The zero-order chi connectivity index (χ0) is 12.6. The van der Waals surface area contributed by atoms with Crippen LogP contribution in [0.5, 0.6) is 0 Å². The van der Waals surface area contributed by atoms with E-state index in [0.717, 1.165) is 0 Å². The molecule has 0 saturated carbocycles. The van der Waals surface area contributed by atoms with Crippen LogP contribution in [0.15, 0.2) is 6.07 Å². The number of aromatic nitrogens is 3. The first-order chi connectivity index (χ1) is 8.04. The highest BCUT2D eigenvalue weighted by molar-refractivity contribution is 6.30. The highest BCUT2D eigenvalue weighted by atomic mass is 35.5. The molecule has 1 N–H and O–H groups in total. The molecule has 0 atom stereocenters. The number of hydrogen-bond acceptors (Lipinski definition) is 3. The Hall–Kier alpha value is -2.06. The predicted molar refractivity (Wildman–Crippen MR) is 63.0 cm³/mol. The van der Waals surface area contributed by atoms with Crippen LogP contribution in [-0.2, 0) is 7.05 Å². The second-order valence-corrected chi connectivity index (χ2v) is 3.73. The fourth-order valence-electron chi connectivity index (χ4n) is 1.59. The summed E-state index contributed by atoms with van der Waals surface area (Å²) in [6.07, 6.45) is 0. The van der Waals surface area contributed by atoms with Crippen molar-refractivity contribution in [2.24, 2.45) is 7.05 Å². The molecule has 0 aliphatic heterocycles. The molecule has 0 aromatic carbocycles. The molecule has 0 radical (unpaired) electrons. The van der Waals surface area contributed by atoms with Gasteiger partial charge in [-0.15, -0.1) is 0 Å². The normalized spacial score (nSPS) is 10.1. The average Bonchev–Trinajstić information content (AvgIpc) is 2.55. The third-order valence-electron chi connectivity index (χ3n) is 2.24. The average molecular weight is 250 g/mol. The minimum absolute atomic E-state index is 0.0610. The predicted octanol–water partition coefficient (Wildman–Crippen LogP) is 1.69. The molecule has 0 fully saturated rings. The summed E-state index contributed by atoms with van der Waals surface area (Å²) in [7, 11) is 1.66. The van der Waals surface area contributed by atoms with Crippen LogP contribution in [0.3, 0.4) is 0 Å². The van der Waals surface area contributed by atoms with E-state index in [1.54, 1.807) is 14.0 Å². The van der Waals surface area contributed by atoms with Crippen molar-refractivity contribution in [1.82, 2.24) is 14.8 Å². The molecular weight excluding hydrogens is 242 g/mol. The molecule has 2 aromatic heterocycles. The molecule has 0 aliphatic carbocycles. The van der Waals surface area contributed by atoms with Crippen LogP contribution < -0.4 is 0 Å². The standard InChI is InChI=1S/C11H8ClN3O2/c1-3-4-7-9-6(11(16)17)5-8(12)13-10(9)15(2)14-7/h5H,1-2H3,(H,16,17). The van der Waals surface area contributed by atoms with Crippen LogP contribution in [0, 0.1) is 11.8 Å². The first kappa shape index (κ1) is 11.4. The summed E-state index contributed by atoms with van der Waals surface area (Å²) in [6.45, 7) is 1.66. The molecule has 17 heavy (non-hydrogen) atoms. The zero-order valence-corrected chi connectivity index (χ0v) is 9.91. The number of nitrogens with zero attached hydrogens (tertiary/aromatic N) is 3. The van der Waals surface area contributed by atoms with Gasteiger partial charge in [0.2, 0.25) is 0 Å². The summed E-state index contributed by atoms with van der Waals surface area (Å²) < 4.78 is 1.47. The molecular formula is C11H8ClN3O2. The Balaban J connectivity index is 2.96. The summed E-state index contributed by atoms with van der Waals surface area (Å²) in [5, 5.41) is 13.8. The molecule has 0 aliphatic rings. The molecule has 0 bridgehead atoms. The van der Waals surface area contributed by atoms with Crippen molar-refractivity contribution in [2.75, 3.05) is 0 Å². The van der Waals surface area contributed by atoms with E-state index >= 15 is 0 Å². The van der Waals surface area contributed by atoms with Gasteiger partial charge in [0.1, 0.15) is 10.8 Å². The van der Waals surface area contributed by atoms with Crippen LogP contribution in [-0.4, -0.2) is 25.8 Å². The van der Waals surface area contributed by atoms with Gasteiger partial charge >= 0.3 is 5.97 Å². The molecule has 2 rings (SSSR count). The summed E-state index contributed by atoms with van der Waals surface area (Å²) in [4.78, 5) is 15.2. The molecule has 0 saturated heterocycles. The van der Waals surface area contributed by atoms with Crippen LogP contribution in [0.2, 0.25) is 5.15 Å². The van der Waals surface area contributed by atoms with Gasteiger partial charge in [-0.3, -0.25) is 0 Å². The summed E-state index contributed by atoms with van der Waals surface area (Å²) in [5.41, 5.74) is 0.866. The summed E-state index contributed by atoms with van der Waals surface area (Å²) in [6, 6.07) is 1.30. The van der Waals surface area contributed by atoms with Gasteiger partial charge in [-0.1, -0.05) is 17.5 Å². The van der Waals surface area contributed by atoms with Crippen molar-refractivity contribution in [3.05, 3.63) is 22.5 Å². The number of rotatable bonds is 1. The number of pyridine rings is 1. The molecule has 2 heterocycles. The molecule has 0 spiro atoms. The lowest BCUT2D eigenvalue weighted by Crippen LogP contribution is -2.00. The van der Waals surface area contributed by atoms with Gasteiger partial charge in [0.15, 0.2) is 5.65 Å². The highest BCUT2D eigenvalue weighted by Gasteiger charge is 2.18. The quantitative estimate of drug-likeness (QED) is 0.617. The van der Waals surface area contributed by atoms with E-state index < -0.39 is 5.97 Å². The third-order valence-corrected chi connectivity index (χ3v) is 2.43. The number of halogens is 1. The minimum Gasteiger partial charge on any atom is -0.478 e. The van der Waals surface area contributed by atoms with Crippen molar-refractivity contribution >= 4 is 28.6 Å². The van der Waals surface area contributed by atoms with E-state index in [1.807, 2.05) is 0 Å². The van der Waals surface area contributed by atoms with Gasteiger partial charge in [-0.25, -0.2) is 14.5 Å². The maximum atomic E-state index is 11.2. The van der Waals surface area contributed by atoms with Crippen molar-refractivity contribution in [2.45, 2.75) is 6.92 Å². The first-order valence-corrected chi connectivity index (χ1v) is 5.11. The van der Waals surface area contributed by atoms with Crippen molar-refractivity contribution in [1.29, 1.82) is 0 Å². The van der Waals surface area contributed by atoms with Crippen molar-refractivity contribution < 1.29 is 9.90 Å². The number of carboxylic acids is 1. The van der Waals surface area contributed by atoms with Gasteiger partial charge < -0.3 is 5.11 Å². The van der Waals surface area contributed by atoms with Gasteiger partial charge in [-0.05, 0) is 18.9 Å². The lowest BCUT2D eigenvalue weighted by molar-refractivity contribution is 0.0699. The third kappa shape index (κ3) is 1.83. The lowest BCUT2D eigenvalue weighted by atomic mass is 10.1. The Labute approximate surface area is 102 Å². The zero-order valence-electron chi connectivity index (χ0n) is 9.15. The number of carbonyl (C=O) groups is 1. The molecule has 0 amide bonds. The maximum Gasteiger partial charge on any atom is 0.336 e. The van der Waals surface area contributed by atoms with E-state index in [9.17, 15) is 4.79 Å². The molecule has 2 aromatic rings. The number of carboxylic acid groups (broad SMARTS) is 1. The maximum absolute atomic E-state index is 11.2. The van der Waals surface area contributed by atoms with Gasteiger partial charge in [0, 0.05) is 7.05 Å². The minimum atomic E-state index is -1.08. The lowest BCUT2D eigenvalue weighted by Gasteiger charge is -1.99. The monoisotopic (exact) mass is 249 g/mol. The van der Waals surface area contributed by atoms with Crippen LogP contribution in [0.25, 0.3) is 11.0 Å². The van der Waals surface area contributed by atoms with Crippen molar-refractivity contribution in [3.8, 4) is 11.8 Å². The smallest absolute Gasteiger partial charge is 0.336 e. The van der Waals surface area contributed by atoms with Crippen molar-refractivity contribution in [3.63, 3.8) is 0 Å². The number of aryl methyl sites for hydroxylation is 1. The van der Waals surface area contributed by atoms with Crippen LogP contribution in [0.1, 0.15) is 23.0 Å². The fraction of sp³-hybridized carbons (Fsp3) is 0.182. The Morgan fingerprint density at radius 1 is 1.59 bits per heavy atom. The Morgan fingerprint density at radius 2 is 2.29 bits per heavy atom. The van der Waals surface area contributed by atoms with E-state index in [2.05, 4.69) is 21.9 Å². The van der Waals surface area contributed by atoms with Gasteiger partial charge in [0.25, 0.3) is 0 Å². The van der Waals surface area contributed by atoms with Gasteiger partial charge in [-0.2, -0.15) is 5.10 Å².